The van der Waals surface area contributed by atoms with E-state index in [2.05, 4.69) is 51.4 Å². The molecule has 0 aliphatic carbocycles. The Kier molecular flexibility index (Phi) is 21.0. The molecule has 0 heterocycles. The highest BCUT2D eigenvalue weighted by Crippen LogP contribution is 2.25. The first-order valence-corrected chi connectivity index (χ1v) is 12.2. The van der Waals surface area contributed by atoms with Crippen molar-refractivity contribution in [3.05, 3.63) is 53.9 Å². The van der Waals surface area contributed by atoms with Gasteiger partial charge >= 0.3 is 0 Å². The molecule has 0 aliphatic rings. The number of hydrogen-bond acceptors (Lipinski definition) is 3. The highest BCUT2D eigenvalue weighted by Gasteiger charge is 2.12. The molecule has 2 N–H and O–H groups in total. The molecule has 0 spiro atoms. The van der Waals surface area contributed by atoms with Crippen LogP contribution in [0.4, 0.5) is 4.39 Å². The van der Waals surface area contributed by atoms with Gasteiger partial charge in [0.2, 0.25) is 0 Å². The molecule has 2 nitrogen and oxygen atoms in total. The Morgan fingerprint density at radius 1 is 1.10 bits per heavy atom. The molecule has 31 heavy (non-hydrogen) atoms. The Morgan fingerprint density at radius 2 is 1.71 bits per heavy atom. The Bertz CT molecular complexity index is 628. The maximum atomic E-state index is 14.0. The summed E-state index contributed by atoms with van der Waals surface area (Å²) in [6.45, 7) is 16.0. The van der Waals surface area contributed by atoms with Gasteiger partial charge in [-0.15, -0.1) is 19.4 Å². The summed E-state index contributed by atoms with van der Waals surface area (Å²) in [6, 6.07) is 5.50. The topological polar surface area (TPSA) is 43.1 Å². The van der Waals surface area contributed by atoms with Crippen LogP contribution in [-0.2, 0) is 4.79 Å². The van der Waals surface area contributed by atoms with Gasteiger partial charge in [0.1, 0.15) is 11.6 Å². The number of carbonyl (C=O) groups is 1. The Morgan fingerprint density at radius 3 is 2.26 bits per heavy atom. The SMILES string of the molecule is C=CCC(CCCCCC(C)c1ccc(F)c(/C=C\CC(C)C)c1)C(C)=O.CC.NS. The van der Waals surface area contributed by atoms with Crippen molar-refractivity contribution >= 4 is 24.7 Å². The van der Waals surface area contributed by atoms with Gasteiger partial charge in [0, 0.05) is 11.5 Å². The fourth-order valence-corrected chi connectivity index (χ4v) is 3.34. The minimum Gasteiger partial charge on any atom is -0.300 e. The third-order valence-electron chi connectivity index (χ3n) is 5.21. The lowest BCUT2D eigenvalue weighted by Crippen LogP contribution is -2.09. The van der Waals surface area contributed by atoms with Crippen molar-refractivity contribution in [2.45, 2.75) is 92.4 Å². The molecule has 2 unspecified atom stereocenters. The summed E-state index contributed by atoms with van der Waals surface area (Å²) in [4.78, 5) is 11.6. The van der Waals surface area contributed by atoms with Gasteiger partial charge in [0.15, 0.2) is 0 Å². The number of thiol groups is 1. The van der Waals surface area contributed by atoms with E-state index in [0.717, 1.165) is 44.9 Å². The number of nitrogens with two attached hydrogens (primary N) is 1. The van der Waals surface area contributed by atoms with E-state index in [1.54, 1.807) is 13.0 Å². The number of unbranched alkanes of at least 4 members (excludes halogenated alkanes) is 2. The van der Waals surface area contributed by atoms with Crippen LogP contribution in [0.25, 0.3) is 6.08 Å². The Hall–Kier alpha value is -1.39. The van der Waals surface area contributed by atoms with E-state index in [1.165, 1.54) is 5.56 Å². The second-order valence-electron chi connectivity index (χ2n) is 8.18. The number of halogens is 1. The number of hydrogen-bond donors (Lipinski definition) is 2. The smallest absolute Gasteiger partial charge is 0.133 e. The summed E-state index contributed by atoms with van der Waals surface area (Å²) >= 11 is 3.03. The van der Waals surface area contributed by atoms with Crippen LogP contribution in [0, 0.1) is 17.7 Å². The molecule has 0 radical (unpaired) electrons. The molecule has 0 saturated carbocycles. The molecule has 0 amide bonds. The molecule has 4 heteroatoms. The lowest BCUT2D eigenvalue weighted by molar-refractivity contribution is -0.120. The van der Waals surface area contributed by atoms with Crippen LogP contribution in [-0.4, -0.2) is 5.78 Å². The molecular formula is C27H46FNOS. The van der Waals surface area contributed by atoms with E-state index >= 15 is 0 Å². The lowest BCUT2D eigenvalue weighted by Gasteiger charge is -2.14. The lowest BCUT2D eigenvalue weighted by atomic mass is 9.91. The van der Waals surface area contributed by atoms with Crippen LogP contribution in [0.2, 0.25) is 0 Å². The Balaban J connectivity index is 0. The van der Waals surface area contributed by atoms with E-state index in [9.17, 15) is 9.18 Å². The molecule has 1 aromatic carbocycles. The highest BCUT2D eigenvalue weighted by molar-refractivity contribution is 7.77. The first kappa shape index (κ1) is 31.8. The molecule has 0 bridgehead atoms. The first-order valence-electron chi connectivity index (χ1n) is 11.7. The highest BCUT2D eigenvalue weighted by atomic mass is 32.1. The van der Waals surface area contributed by atoms with Crippen molar-refractivity contribution in [2.75, 3.05) is 0 Å². The number of allylic oxidation sites excluding steroid dienone is 2. The fourth-order valence-electron chi connectivity index (χ4n) is 3.34. The number of Topliss-reactive ketones (excluding diaryl/α,β-unsaturated/α-hetero) is 1. The maximum absolute atomic E-state index is 14.0. The summed E-state index contributed by atoms with van der Waals surface area (Å²) in [5, 5.41) is 4.19. The minimum atomic E-state index is -0.150. The van der Waals surface area contributed by atoms with Gasteiger partial charge in [-0.25, -0.2) is 4.39 Å². The zero-order chi connectivity index (χ0) is 24.2. The molecule has 1 rings (SSSR count). The van der Waals surface area contributed by atoms with Crippen LogP contribution in [0.3, 0.4) is 0 Å². The quantitative estimate of drug-likeness (QED) is 0.179. The van der Waals surface area contributed by atoms with Crippen molar-refractivity contribution in [3.8, 4) is 0 Å². The summed E-state index contributed by atoms with van der Waals surface area (Å²) in [5.41, 5.74) is 1.89. The van der Waals surface area contributed by atoms with Gasteiger partial charge in [0.05, 0.1) is 0 Å². The van der Waals surface area contributed by atoms with Crippen molar-refractivity contribution < 1.29 is 9.18 Å². The first-order chi connectivity index (χ1) is 14.8. The standard InChI is InChI=1S/C25H37FO.C2H6.H3NS/c1-6-11-22(21(5)27)14-9-7-8-13-20(4)23-16-17-25(26)24(18-23)15-10-12-19(2)3;2*1-2/h6,10,15-20,22H,1,7-9,11-14H2,2-5H3;1-2H3;2H,1H2/b15-10-;;. The van der Waals surface area contributed by atoms with E-state index < -0.39 is 0 Å². The van der Waals surface area contributed by atoms with E-state index in [0.29, 0.717) is 17.4 Å². The van der Waals surface area contributed by atoms with E-state index in [4.69, 9.17) is 0 Å². The van der Waals surface area contributed by atoms with Gasteiger partial charge in [-0.1, -0.05) is 78.2 Å². The van der Waals surface area contributed by atoms with Gasteiger partial charge in [-0.3, -0.25) is 9.93 Å². The fraction of sp³-hybridized carbons (Fsp3) is 0.593. The molecule has 0 fully saturated rings. The second-order valence-corrected chi connectivity index (χ2v) is 8.18. The zero-order valence-corrected chi connectivity index (χ0v) is 21.6. The second kappa shape index (κ2) is 20.5. The minimum absolute atomic E-state index is 0.136. The summed E-state index contributed by atoms with van der Waals surface area (Å²) < 4.78 is 14.0. The predicted octanol–water partition coefficient (Wildman–Crippen LogP) is 8.54. The summed E-state index contributed by atoms with van der Waals surface area (Å²) in [7, 11) is 0. The van der Waals surface area contributed by atoms with Gasteiger partial charge in [0.25, 0.3) is 0 Å². The number of benzene rings is 1. The van der Waals surface area contributed by atoms with Crippen LogP contribution >= 0.6 is 12.8 Å². The van der Waals surface area contributed by atoms with Gasteiger partial charge in [-0.2, -0.15) is 0 Å². The zero-order valence-electron chi connectivity index (χ0n) is 20.7. The normalized spacial score (nSPS) is 12.5. The van der Waals surface area contributed by atoms with Crippen molar-refractivity contribution in [1.29, 1.82) is 0 Å². The molecule has 2 atom stereocenters. The van der Waals surface area contributed by atoms with E-state index in [-0.39, 0.29) is 17.5 Å². The van der Waals surface area contributed by atoms with Crippen LogP contribution in [0.1, 0.15) is 104 Å². The van der Waals surface area contributed by atoms with Crippen LogP contribution in [0.15, 0.2) is 36.9 Å². The van der Waals surface area contributed by atoms with Gasteiger partial charge < -0.3 is 0 Å². The van der Waals surface area contributed by atoms with Crippen LogP contribution < -0.4 is 5.14 Å². The molecule has 178 valence electrons. The predicted molar refractivity (Wildman–Crippen MR) is 140 cm³/mol. The number of ketones is 1. The average Bonchev–Trinajstić information content (AvgIpc) is 2.76. The van der Waals surface area contributed by atoms with Crippen molar-refractivity contribution in [3.63, 3.8) is 0 Å². The molecule has 0 aromatic heterocycles. The van der Waals surface area contributed by atoms with Crippen molar-refractivity contribution in [1.82, 2.24) is 0 Å². The monoisotopic (exact) mass is 451 g/mol. The largest absolute Gasteiger partial charge is 0.300 e. The third kappa shape index (κ3) is 15.1. The molecule has 0 saturated heterocycles. The van der Waals surface area contributed by atoms with Crippen LogP contribution in [0.5, 0.6) is 0 Å². The third-order valence-corrected chi connectivity index (χ3v) is 5.21. The number of rotatable bonds is 13. The molecule has 0 aliphatic heterocycles. The number of carbonyl (C=O) groups excluding carboxylic acids is 1. The molecular weight excluding hydrogens is 405 g/mol. The summed E-state index contributed by atoms with van der Waals surface area (Å²) in [5.74, 6) is 1.26. The average molecular weight is 452 g/mol. The van der Waals surface area contributed by atoms with Gasteiger partial charge in [-0.05, 0) is 62.1 Å². The Labute approximate surface area is 197 Å². The van der Waals surface area contributed by atoms with Crippen molar-refractivity contribution in [2.24, 2.45) is 17.0 Å². The maximum Gasteiger partial charge on any atom is 0.133 e. The van der Waals surface area contributed by atoms with E-state index in [1.807, 2.05) is 38.1 Å². The molecule has 1 aromatic rings. The summed E-state index contributed by atoms with van der Waals surface area (Å²) in [6.07, 6.45) is 13.0.